The third-order valence-electron chi connectivity index (χ3n) is 4.45. The molecule has 1 aliphatic heterocycles. The zero-order valence-electron chi connectivity index (χ0n) is 16.0. The van der Waals surface area contributed by atoms with Crippen LogP contribution in [0.5, 0.6) is 0 Å². The molecular weight excluding hydrogens is 421 g/mol. The van der Waals surface area contributed by atoms with Gasteiger partial charge in [0.1, 0.15) is 11.3 Å². The second-order valence-electron chi connectivity index (χ2n) is 8.15. The Morgan fingerprint density at radius 2 is 1.92 bits per heavy atom. The van der Waals surface area contributed by atoms with Gasteiger partial charge in [-0.05, 0) is 45.6 Å². The van der Waals surface area contributed by atoms with E-state index < -0.39 is 17.4 Å². The number of hydrogen-bond acceptors (Lipinski definition) is 4. The van der Waals surface area contributed by atoms with Gasteiger partial charge < -0.3 is 14.6 Å². The van der Waals surface area contributed by atoms with Crippen molar-refractivity contribution in [1.82, 2.24) is 4.90 Å². The summed E-state index contributed by atoms with van der Waals surface area (Å²) >= 11 is 2.15. The molecule has 0 bridgehead atoms. The zero-order valence-corrected chi connectivity index (χ0v) is 18.2. The number of hydrogen-bond donors (Lipinski definition) is 1. The Bertz CT molecular complexity index is 472. The first-order chi connectivity index (χ1) is 10.8. The van der Waals surface area contributed by atoms with E-state index in [1.165, 1.54) is 0 Å². The number of amides is 1. The van der Waals surface area contributed by atoms with Gasteiger partial charge in [0.2, 0.25) is 0 Å². The lowest BCUT2D eigenvalue weighted by Crippen LogP contribution is -2.49. The minimum Gasteiger partial charge on any atom is -0.444 e. The first-order valence-corrected chi connectivity index (χ1v) is 9.71. The summed E-state index contributed by atoms with van der Waals surface area (Å²) in [6.07, 6.45) is 0.785. The molecule has 1 aliphatic rings. The van der Waals surface area contributed by atoms with Gasteiger partial charge in [-0.15, -0.1) is 0 Å². The highest BCUT2D eigenvalue weighted by Crippen LogP contribution is 2.38. The third kappa shape index (κ3) is 5.08. The van der Waals surface area contributed by atoms with Crippen LogP contribution in [0.15, 0.2) is 10.2 Å². The molecule has 1 fully saturated rings. The van der Waals surface area contributed by atoms with E-state index in [4.69, 9.17) is 9.47 Å². The molecule has 0 aliphatic carbocycles. The molecule has 1 N–H and O–H groups in total. The normalized spacial score (nSPS) is 28.0. The number of aliphatic hydroxyl groups excluding tert-OH is 1. The van der Waals surface area contributed by atoms with Gasteiger partial charge >= 0.3 is 6.09 Å². The minimum absolute atomic E-state index is 0.0198. The molecule has 5 atom stereocenters. The van der Waals surface area contributed by atoms with Crippen molar-refractivity contribution < 1.29 is 19.4 Å². The van der Waals surface area contributed by atoms with Crippen molar-refractivity contribution in [3.8, 4) is 0 Å². The molecule has 24 heavy (non-hydrogen) atoms. The highest BCUT2D eigenvalue weighted by molar-refractivity contribution is 14.1. The molecule has 0 unspecified atom stereocenters. The smallest absolute Gasteiger partial charge is 0.412 e. The van der Waals surface area contributed by atoms with E-state index in [1.807, 2.05) is 65.5 Å². The number of nitrogens with zero attached hydrogens (tertiary/aromatic N) is 1. The Labute approximate surface area is 159 Å². The van der Waals surface area contributed by atoms with Gasteiger partial charge in [-0.25, -0.2) is 4.79 Å². The Morgan fingerprint density at radius 1 is 1.38 bits per heavy atom. The molecule has 0 radical (unpaired) electrons. The molecule has 1 amide bonds. The zero-order chi connectivity index (χ0) is 18.9. The van der Waals surface area contributed by atoms with E-state index >= 15 is 0 Å². The molecule has 0 saturated carbocycles. The SMILES string of the molecule is C[C@@H]([C@H](O)[C@H](C)/C=C/I)[C@@H]1OC(C)(C)N(C(=O)OC(C)(C)C)[C@@H]1C. The molecule has 140 valence electrons. The van der Waals surface area contributed by atoms with E-state index in [0.717, 1.165) is 0 Å². The summed E-state index contributed by atoms with van der Waals surface area (Å²) in [5, 5.41) is 10.6. The Morgan fingerprint density at radius 3 is 2.38 bits per heavy atom. The lowest BCUT2D eigenvalue weighted by molar-refractivity contribution is -0.101. The monoisotopic (exact) mass is 453 g/mol. The van der Waals surface area contributed by atoms with E-state index in [9.17, 15) is 9.90 Å². The van der Waals surface area contributed by atoms with Gasteiger partial charge in [0, 0.05) is 11.8 Å². The van der Waals surface area contributed by atoms with Crippen molar-refractivity contribution >= 4 is 28.7 Å². The molecule has 1 saturated heterocycles. The predicted octanol–water partition coefficient (Wildman–Crippen LogP) is 4.33. The number of carbonyl (C=O) groups is 1. The van der Waals surface area contributed by atoms with Gasteiger partial charge in [0.05, 0.1) is 18.2 Å². The quantitative estimate of drug-likeness (QED) is 0.644. The fraction of sp³-hybridized carbons (Fsp3) is 0.833. The third-order valence-corrected chi connectivity index (χ3v) is 4.86. The summed E-state index contributed by atoms with van der Waals surface area (Å²) in [6, 6.07) is -0.185. The Kier molecular flexibility index (Phi) is 7.15. The standard InChI is InChI=1S/C18H32INO4/c1-11(9-10-19)14(21)12(2)15-13(3)20(18(7,8)23-15)16(22)24-17(4,5)6/h9-15,21H,1-8H3/b10-9+/t11-,12+,13-,14-,15+/m1/s1. The summed E-state index contributed by atoms with van der Waals surface area (Å²) in [4.78, 5) is 14.3. The van der Waals surface area contributed by atoms with Gasteiger partial charge in [-0.3, -0.25) is 4.90 Å². The van der Waals surface area contributed by atoms with Crippen LogP contribution in [0.4, 0.5) is 4.79 Å². The van der Waals surface area contributed by atoms with Crippen molar-refractivity contribution in [3.05, 3.63) is 10.2 Å². The van der Waals surface area contributed by atoms with Crippen LogP contribution in [0.2, 0.25) is 0 Å². The van der Waals surface area contributed by atoms with Crippen molar-refractivity contribution in [1.29, 1.82) is 0 Å². The highest BCUT2D eigenvalue weighted by atomic mass is 127. The maximum Gasteiger partial charge on any atom is 0.412 e. The number of ether oxygens (including phenoxy) is 2. The molecule has 1 rings (SSSR count). The summed E-state index contributed by atoms with van der Waals surface area (Å²) in [5.41, 5.74) is -1.33. The van der Waals surface area contributed by atoms with Gasteiger partial charge in [-0.1, -0.05) is 42.5 Å². The number of aliphatic hydroxyl groups is 1. The van der Waals surface area contributed by atoms with E-state index in [-0.39, 0.29) is 30.1 Å². The minimum atomic E-state index is -0.775. The highest BCUT2D eigenvalue weighted by Gasteiger charge is 2.51. The van der Waals surface area contributed by atoms with Crippen LogP contribution in [0.3, 0.4) is 0 Å². The number of rotatable bonds is 4. The van der Waals surface area contributed by atoms with Crippen molar-refractivity contribution in [2.75, 3.05) is 0 Å². The lowest BCUT2D eigenvalue weighted by Gasteiger charge is -2.34. The van der Waals surface area contributed by atoms with Gasteiger partial charge in [0.15, 0.2) is 0 Å². The Hall–Kier alpha value is -0.340. The van der Waals surface area contributed by atoms with Crippen molar-refractivity contribution in [2.45, 2.75) is 85.0 Å². The lowest BCUT2D eigenvalue weighted by atomic mass is 9.87. The molecule has 5 nitrogen and oxygen atoms in total. The molecule has 0 aromatic carbocycles. The fourth-order valence-electron chi connectivity index (χ4n) is 3.27. The maximum atomic E-state index is 12.6. The van der Waals surface area contributed by atoms with Crippen LogP contribution in [0.1, 0.15) is 55.4 Å². The average molecular weight is 453 g/mol. The van der Waals surface area contributed by atoms with Crippen LogP contribution in [0, 0.1) is 11.8 Å². The topological polar surface area (TPSA) is 59.0 Å². The molecule has 0 aromatic rings. The van der Waals surface area contributed by atoms with Crippen LogP contribution in [-0.4, -0.2) is 45.7 Å². The number of halogens is 1. The first kappa shape index (κ1) is 21.7. The average Bonchev–Trinajstić information content (AvgIpc) is 2.65. The van der Waals surface area contributed by atoms with Crippen LogP contribution < -0.4 is 0 Å². The van der Waals surface area contributed by atoms with E-state index in [0.29, 0.717) is 0 Å². The summed E-state index contributed by atoms with van der Waals surface area (Å²) in [7, 11) is 0. The summed E-state index contributed by atoms with van der Waals surface area (Å²) in [5.74, 6) is -0.0966. The van der Waals surface area contributed by atoms with Crippen molar-refractivity contribution in [2.24, 2.45) is 11.8 Å². The maximum absolute atomic E-state index is 12.6. The van der Waals surface area contributed by atoms with E-state index in [1.54, 1.807) is 4.90 Å². The molecule has 0 aromatic heterocycles. The van der Waals surface area contributed by atoms with E-state index in [2.05, 4.69) is 22.6 Å². The first-order valence-electron chi connectivity index (χ1n) is 8.47. The summed E-state index contributed by atoms with van der Waals surface area (Å²) in [6.45, 7) is 15.2. The number of carbonyl (C=O) groups excluding carboxylic acids is 1. The van der Waals surface area contributed by atoms with Crippen LogP contribution in [-0.2, 0) is 9.47 Å². The van der Waals surface area contributed by atoms with Crippen molar-refractivity contribution in [3.63, 3.8) is 0 Å². The molecular formula is C18H32INO4. The second kappa shape index (κ2) is 7.91. The molecule has 1 heterocycles. The predicted molar refractivity (Wildman–Crippen MR) is 104 cm³/mol. The molecule has 0 spiro atoms. The summed E-state index contributed by atoms with van der Waals surface area (Å²) < 4.78 is 13.6. The van der Waals surface area contributed by atoms with Gasteiger partial charge in [-0.2, -0.15) is 0 Å². The second-order valence-corrected chi connectivity index (χ2v) is 8.87. The molecule has 6 heteroatoms. The van der Waals surface area contributed by atoms with Crippen LogP contribution in [0.25, 0.3) is 0 Å². The fourth-order valence-corrected chi connectivity index (χ4v) is 3.93. The Balaban J connectivity index is 2.96. The van der Waals surface area contributed by atoms with Crippen LogP contribution >= 0.6 is 22.6 Å². The van der Waals surface area contributed by atoms with Gasteiger partial charge in [0.25, 0.3) is 0 Å². The largest absolute Gasteiger partial charge is 0.444 e.